The highest BCUT2D eigenvalue weighted by molar-refractivity contribution is 5.77. The molecule has 0 unspecified atom stereocenters. The highest BCUT2D eigenvalue weighted by Crippen LogP contribution is 2.17. The second-order valence-electron chi connectivity index (χ2n) is 5.20. The third-order valence-corrected chi connectivity index (χ3v) is 3.52. The van der Waals surface area contributed by atoms with Crippen molar-refractivity contribution in [2.75, 3.05) is 26.9 Å². The molecule has 1 N–H and O–H groups in total. The van der Waals surface area contributed by atoms with E-state index in [-0.39, 0.29) is 12.5 Å². The van der Waals surface area contributed by atoms with E-state index in [0.717, 1.165) is 24.2 Å². The first-order valence-electron chi connectivity index (χ1n) is 7.80. The molecule has 0 aromatic heterocycles. The van der Waals surface area contributed by atoms with Crippen LogP contribution in [0.5, 0.6) is 5.75 Å². The van der Waals surface area contributed by atoms with Crippen molar-refractivity contribution >= 4 is 5.91 Å². The Morgan fingerprint density at radius 2 is 1.74 bits per heavy atom. The molecule has 0 spiro atoms. The summed E-state index contributed by atoms with van der Waals surface area (Å²) in [5.74, 6) is 0.758. The van der Waals surface area contributed by atoms with E-state index in [9.17, 15) is 4.79 Å². The van der Waals surface area contributed by atoms with Crippen LogP contribution < -0.4 is 10.1 Å². The molecule has 23 heavy (non-hydrogen) atoms. The van der Waals surface area contributed by atoms with Gasteiger partial charge in [-0.2, -0.15) is 0 Å². The zero-order chi connectivity index (χ0) is 16.3. The Bertz CT molecular complexity index is 599. The topological polar surface area (TPSA) is 47.6 Å². The second-order valence-corrected chi connectivity index (χ2v) is 5.20. The maximum Gasteiger partial charge on any atom is 0.246 e. The molecular formula is C19H23NO3. The van der Waals surface area contributed by atoms with Crippen molar-refractivity contribution in [2.24, 2.45) is 0 Å². The van der Waals surface area contributed by atoms with Crippen molar-refractivity contribution in [1.29, 1.82) is 0 Å². The van der Waals surface area contributed by atoms with E-state index in [4.69, 9.17) is 9.47 Å². The summed E-state index contributed by atoms with van der Waals surface area (Å²) in [6.45, 7) is 1.21. The number of nitrogens with one attached hydrogen (secondary N) is 1. The summed E-state index contributed by atoms with van der Waals surface area (Å²) >= 11 is 0. The molecule has 1 amide bonds. The van der Waals surface area contributed by atoms with Crippen molar-refractivity contribution in [1.82, 2.24) is 5.32 Å². The van der Waals surface area contributed by atoms with E-state index in [1.807, 2.05) is 42.5 Å². The number of carbonyl (C=O) groups excluding carboxylic acids is 1. The van der Waals surface area contributed by atoms with Gasteiger partial charge in [0, 0.05) is 6.54 Å². The predicted octanol–water partition coefficient (Wildman–Crippen LogP) is 2.61. The highest BCUT2D eigenvalue weighted by Gasteiger charge is 2.04. The van der Waals surface area contributed by atoms with E-state index in [1.165, 1.54) is 5.56 Å². The third-order valence-electron chi connectivity index (χ3n) is 3.52. The summed E-state index contributed by atoms with van der Waals surface area (Å²) in [5, 5.41) is 2.86. The van der Waals surface area contributed by atoms with Crippen LogP contribution in [0.2, 0.25) is 0 Å². The summed E-state index contributed by atoms with van der Waals surface area (Å²) in [5.41, 5.74) is 2.30. The molecule has 0 saturated heterocycles. The SMILES string of the molecule is COc1ccccc1CCNC(=O)COCCc1ccccc1. The van der Waals surface area contributed by atoms with Crippen LogP contribution in [0.1, 0.15) is 11.1 Å². The molecule has 2 rings (SSSR count). The Balaban J connectivity index is 1.60. The fourth-order valence-corrected chi connectivity index (χ4v) is 2.30. The lowest BCUT2D eigenvalue weighted by Gasteiger charge is -2.09. The van der Waals surface area contributed by atoms with E-state index in [1.54, 1.807) is 7.11 Å². The summed E-state index contributed by atoms with van der Waals surface area (Å²) in [6.07, 6.45) is 1.55. The van der Waals surface area contributed by atoms with Gasteiger partial charge in [0.1, 0.15) is 12.4 Å². The predicted molar refractivity (Wildman–Crippen MR) is 90.7 cm³/mol. The summed E-state index contributed by atoms with van der Waals surface area (Å²) in [4.78, 5) is 11.7. The Kier molecular flexibility index (Phi) is 7.14. The van der Waals surface area contributed by atoms with Crippen molar-refractivity contribution in [3.63, 3.8) is 0 Å². The third kappa shape index (κ3) is 6.12. The number of benzene rings is 2. The molecule has 0 heterocycles. The van der Waals surface area contributed by atoms with Gasteiger partial charge in [0.2, 0.25) is 5.91 Å². The van der Waals surface area contributed by atoms with Crippen LogP contribution in [0.4, 0.5) is 0 Å². The van der Waals surface area contributed by atoms with Crippen LogP contribution in [0.25, 0.3) is 0 Å². The van der Waals surface area contributed by atoms with Gasteiger partial charge in [0.25, 0.3) is 0 Å². The molecule has 0 atom stereocenters. The van der Waals surface area contributed by atoms with E-state index >= 15 is 0 Å². The fourth-order valence-electron chi connectivity index (χ4n) is 2.30. The van der Waals surface area contributed by atoms with Crippen molar-refractivity contribution in [3.05, 3.63) is 65.7 Å². The zero-order valence-corrected chi connectivity index (χ0v) is 13.5. The van der Waals surface area contributed by atoms with Gasteiger partial charge in [-0.3, -0.25) is 4.79 Å². The molecule has 0 bridgehead atoms. The number of hydrogen-bond donors (Lipinski definition) is 1. The Morgan fingerprint density at radius 1 is 1.00 bits per heavy atom. The average Bonchev–Trinajstić information content (AvgIpc) is 2.60. The van der Waals surface area contributed by atoms with Gasteiger partial charge in [-0.15, -0.1) is 0 Å². The van der Waals surface area contributed by atoms with Crippen LogP contribution >= 0.6 is 0 Å². The number of methoxy groups -OCH3 is 1. The summed E-state index contributed by atoms with van der Waals surface area (Å²) < 4.78 is 10.7. The molecule has 0 aliphatic carbocycles. The van der Waals surface area contributed by atoms with Gasteiger partial charge < -0.3 is 14.8 Å². The number of rotatable bonds is 9. The molecule has 2 aromatic carbocycles. The summed E-state index contributed by atoms with van der Waals surface area (Å²) in [7, 11) is 1.65. The molecule has 2 aromatic rings. The number of carbonyl (C=O) groups is 1. The normalized spacial score (nSPS) is 10.3. The van der Waals surface area contributed by atoms with E-state index < -0.39 is 0 Å². The minimum Gasteiger partial charge on any atom is -0.496 e. The number of ether oxygens (including phenoxy) is 2. The number of amides is 1. The van der Waals surface area contributed by atoms with Gasteiger partial charge in [0.05, 0.1) is 13.7 Å². The van der Waals surface area contributed by atoms with Gasteiger partial charge in [-0.25, -0.2) is 0 Å². The first-order valence-corrected chi connectivity index (χ1v) is 7.80. The van der Waals surface area contributed by atoms with Crippen LogP contribution in [-0.4, -0.2) is 32.8 Å². The first-order chi connectivity index (χ1) is 11.3. The monoisotopic (exact) mass is 313 g/mol. The number of para-hydroxylation sites is 1. The molecule has 0 aliphatic heterocycles. The molecule has 4 heteroatoms. The fraction of sp³-hybridized carbons (Fsp3) is 0.316. The minimum absolute atomic E-state index is 0.0899. The first kappa shape index (κ1) is 17.0. The highest BCUT2D eigenvalue weighted by atomic mass is 16.5. The van der Waals surface area contributed by atoms with Gasteiger partial charge in [-0.1, -0.05) is 48.5 Å². The van der Waals surface area contributed by atoms with Crippen LogP contribution in [-0.2, 0) is 22.4 Å². The maximum absolute atomic E-state index is 11.7. The standard InChI is InChI=1S/C19H23NO3/c1-22-18-10-6-5-9-17(18)11-13-20-19(21)15-23-14-12-16-7-3-2-4-8-16/h2-10H,11-15H2,1H3,(H,20,21). The van der Waals surface area contributed by atoms with Crippen molar-refractivity contribution in [3.8, 4) is 5.75 Å². The molecule has 0 radical (unpaired) electrons. The largest absolute Gasteiger partial charge is 0.496 e. The molecule has 0 saturated carbocycles. The Hall–Kier alpha value is -2.33. The second kappa shape index (κ2) is 9.64. The molecule has 0 aliphatic rings. The lowest BCUT2D eigenvalue weighted by molar-refractivity contribution is -0.125. The smallest absolute Gasteiger partial charge is 0.246 e. The van der Waals surface area contributed by atoms with E-state index in [2.05, 4.69) is 17.4 Å². The Labute approximate surface area is 137 Å². The Morgan fingerprint density at radius 3 is 2.52 bits per heavy atom. The zero-order valence-electron chi connectivity index (χ0n) is 13.5. The van der Waals surface area contributed by atoms with Crippen molar-refractivity contribution < 1.29 is 14.3 Å². The van der Waals surface area contributed by atoms with Crippen LogP contribution in [0.15, 0.2) is 54.6 Å². The molecule has 4 nitrogen and oxygen atoms in total. The van der Waals surface area contributed by atoms with Gasteiger partial charge >= 0.3 is 0 Å². The maximum atomic E-state index is 11.7. The molecule has 122 valence electrons. The summed E-state index contributed by atoms with van der Waals surface area (Å²) in [6, 6.07) is 17.9. The molecule has 0 fully saturated rings. The lowest BCUT2D eigenvalue weighted by Crippen LogP contribution is -2.29. The quantitative estimate of drug-likeness (QED) is 0.724. The van der Waals surface area contributed by atoms with E-state index in [0.29, 0.717) is 13.2 Å². The number of hydrogen-bond acceptors (Lipinski definition) is 3. The van der Waals surface area contributed by atoms with Gasteiger partial charge in [-0.05, 0) is 30.0 Å². The molecular weight excluding hydrogens is 290 g/mol. The van der Waals surface area contributed by atoms with Gasteiger partial charge in [0.15, 0.2) is 0 Å². The van der Waals surface area contributed by atoms with Crippen LogP contribution in [0, 0.1) is 0 Å². The van der Waals surface area contributed by atoms with Crippen LogP contribution in [0.3, 0.4) is 0 Å². The average molecular weight is 313 g/mol. The van der Waals surface area contributed by atoms with Crippen molar-refractivity contribution in [2.45, 2.75) is 12.8 Å². The minimum atomic E-state index is -0.0899. The lowest BCUT2D eigenvalue weighted by atomic mass is 10.1.